The second-order valence-corrected chi connectivity index (χ2v) is 14.2. The van der Waals surface area contributed by atoms with E-state index in [1.54, 1.807) is 23.2 Å². The number of fused-ring (bicyclic) bond motifs is 3. The Balaban J connectivity index is 1.25. The zero-order chi connectivity index (χ0) is 35.4. The van der Waals surface area contributed by atoms with Crippen molar-refractivity contribution in [2.75, 3.05) is 59.1 Å². The first-order chi connectivity index (χ1) is 24.2. The molecule has 268 valence electrons. The van der Waals surface area contributed by atoms with Crippen LogP contribution in [0.15, 0.2) is 55.1 Å². The number of nitrogens with zero attached hydrogens (tertiary/aromatic N) is 6. The third-order valence-electron chi connectivity index (χ3n) is 9.20. The summed E-state index contributed by atoms with van der Waals surface area (Å²) < 4.78 is 12.8. The van der Waals surface area contributed by atoms with Crippen molar-refractivity contribution in [2.24, 2.45) is 0 Å². The smallest absolute Gasteiger partial charge is 0.410 e. The van der Waals surface area contributed by atoms with Crippen LogP contribution in [0.25, 0.3) is 10.2 Å². The summed E-state index contributed by atoms with van der Waals surface area (Å²) in [6.45, 7) is 8.99. The first kappa shape index (κ1) is 35.5. The van der Waals surface area contributed by atoms with Crippen LogP contribution in [0.4, 0.5) is 14.7 Å². The Bertz CT molecular complexity index is 1680. The predicted octanol–water partition coefficient (Wildman–Crippen LogP) is 3.06. The molecule has 2 unspecified atom stereocenters. The van der Waals surface area contributed by atoms with Gasteiger partial charge in [-0.1, -0.05) is 55.0 Å². The van der Waals surface area contributed by atoms with Crippen molar-refractivity contribution >= 4 is 44.7 Å². The van der Waals surface area contributed by atoms with Gasteiger partial charge in [0.1, 0.15) is 24.2 Å². The van der Waals surface area contributed by atoms with E-state index >= 15 is 0 Å². The average Bonchev–Trinajstić information content (AvgIpc) is 3.71. The molecule has 0 aliphatic carbocycles. The number of amides is 4. The van der Waals surface area contributed by atoms with Crippen LogP contribution in [0.2, 0.25) is 0 Å². The average molecular weight is 706 g/mol. The fourth-order valence-electron chi connectivity index (χ4n) is 6.72. The van der Waals surface area contributed by atoms with Crippen LogP contribution in [-0.2, 0) is 22.5 Å². The Morgan fingerprint density at radius 1 is 1.18 bits per heavy atom. The standard InChI is InChI=1S/C35H47N9O5S/c1-5-7-15-37-34(46)42(17-6-2)43-22-29(45)44-26(19-23-11-13-25(14-12-23)48-35(47)38-16-18-40(3)4)31-32(49-31)41(21-28(43)44)20-24-9-8-10-27-30(24)39-33(36)50-27/h6,8-14,26,28,31-32H,2,5,7,15-22H2,1,3-4H3,(H2,36,39)(H,37,46)(H,38,47)/t26-,28+,31?,32?/m0/s1. The number of epoxide rings is 1. The fourth-order valence-corrected chi connectivity index (χ4v) is 7.50. The minimum atomic E-state index is -0.512. The maximum Gasteiger partial charge on any atom is 0.412 e. The zero-order valence-corrected chi connectivity index (χ0v) is 29.7. The molecule has 0 saturated carbocycles. The third kappa shape index (κ3) is 8.02. The van der Waals surface area contributed by atoms with Crippen LogP contribution in [0, 0.1) is 0 Å². The SMILES string of the molecule is C=CCN(C(=O)NCCCC)N1CC(=O)N2[C@@H](Cc3ccc(OC(=O)NCCN(C)C)cc3)C3OC3N(Cc3cccc4sc(N)nc34)C[C@@H]21. The molecule has 14 nitrogen and oxygen atoms in total. The van der Waals surface area contributed by atoms with Crippen molar-refractivity contribution in [1.82, 2.24) is 40.3 Å². The minimum Gasteiger partial charge on any atom is -0.410 e. The van der Waals surface area contributed by atoms with Crippen molar-refractivity contribution in [2.45, 2.75) is 57.3 Å². The second kappa shape index (κ2) is 15.7. The molecule has 4 amide bonds. The summed E-state index contributed by atoms with van der Waals surface area (Å²) in [4.78, 5) is 50.5. The molecule has 4 heterocycles. The summed E-state index contributed by atoms with van der Waals surface area (Å²) in [7, 11) is 3.87. The molecule has 0 bridgehead atoms. The van der Waals surface area contributed by atoms with E-state index in [0.717, 1.165) is 34.2 Å². The van der Waals surface area contributed by atoms with Gasteiger partial charge in [-0.05, 0) is 56.3 Å². The van der Waals surface area contributed by atoms with Crippen molar-refractivity contribution in [3.63, 3.8) is 0 Å². The monoisotopic (exact) mass is 705 g/mol. The molecule has 4 atom stereocenters. The number of ether oxygens (including phenoxy) is 2. The number of benzene rings is 2. The molecule has 3 aromatic rings. The number of hydrogen-bond donors (Lipinski definition) is 3. The first-order valence-electron chi connectivity index (χ1n) is 17.1. The number of anilines is 1. The molecular weight excluding hydrogens is 659 g/mol. The number of thiazole rings is 1. The van der Waals surface area contributed by atoms with E-state index in [2.05, 4.69) is 34.0 Å². The number of urea groups is 1. The lowest BCUT2D eigenvalue weighted by molar-refractivity contribution is -0.131. The number of hydrazine groups is 1. The molecule has 3 aliphatic rings. The van der Waals surface area contributed by atoms with E-state index in [9.17, 15) is 14.4 Å². The van der Waals surface area contributed by atoms with E-state index < -0.39 is 12.3 Å². The number of carbonyl (C=O) groups excluding carboxylic acids is 3. The summed E-state index contributed by atoms with van der Waals surface area (Å²) in [6.07, 6.45) is 2.59. The molecule has 3 aliphatic heterocycles. The van der Waals surface area contributed by atoms with Gasteiger partial charge in [-0.3, -0.25) is 14.7 Å². The number of para-hydroxylation sites is 1. The Labute approximate surface area is 296 Å². The van der Waals surface area contributed by atoms with Gasteiger partial charge in [-0.2, -0.15) is 5.01 Å². The molecule has 2 aromatic carbocycles. The molecular formula is C35H47N9O5S. The van der Waals surface area contributed by atoms with Gasteiger partial charge in [0.25, 0.3) is 0 Å². The Morgan fingerprint density at radius 3 is 2.72 bits per heavy atom. The lowest BCUT2D eigenvalue weighted by Gasteiger charge is -2.39. The van der Waals surface area contributed by atoms with Crippen LogP contribution < -0.4 is 21.1 Å². The van der Waals surface area contributed by atoms with Crippen LogP contribution in [0.5, 0.6) is 5.75 Å². The van der Waals surface area contributed by atoms with Gasteiger partial charge in [0.05, 0.1) is 29.3 Å². The third-order valence-corrected chi connectivity index (χ3v) is 10.0. The van der Waals surface area contributed by atoms with Crippen molar-refractivity contribution < 1.29 is 23.9 Å². The van der Waals surface area contributed by atoms with E-state index in [1.807, 2.05) is 59.2 Å². The summed E-state index contributed by atoms with van der Waals surface area (Å²) in [5.41, 5.74) is 8.93. The van der Waals surface area contributed by atoms with Crippen molar-refractivity contribution in [1.29, 1.82) is 0 Å². The van der Waals surface area contributed by atoms with Gasteiger partial charge in [0, 0.05) is 32.7 Å². The predicted molar refractivity (Wildman–Crippen MR) is 192 cm³/mol. The Kier molecular flexibility index (Phi) is 11.2. The highest BCUT2D eigenvalue weighted by atomic mass is 32.1. The molecule has 0 radical (unpaired) electrons. The number of likely N-dealkylation sites (N-methyl/N-ethyl adjacent to an activating group) is 1. The van der Waals surface area contributed by atoms with E-state index in [0.29, 0.717) is 50.0 Å². The quantitative estimate of drug-likeness (QED) is 0.130. The van der Waals surface area contributed by atoms with Gasteiger partial charge >= 0.3 is 12.1 Å². The number of unbranched alkanes of at least 4 members (excludes halogenated alkanes) is 1. The topological polar surface area (TPSA) is 152 Å². The van der Waals surface area contributed by atoms with Gasteiger partial charge < -0.3 is 35.6 Å². The van der Waals surface area contributed by atoms with Crippen LogP contribution >= 0.6 is 11.3 Å². The van der Waals surface area contributed by atoms with Crippen molar-refractivity contribution in [3.05, 3.63) is 66.2 Å². The highest BCUT2D eigenvalue weighted by Gasteiger charge is 2.59. The molecule has 15 heteroatoms. The van der Waals surface area contributed by atoms with Gasteiger partial charge in [-0.15, -0.1) is 6.58 Å². The fraction of sp³-hybridized carbons (Fsp3) is 0.486. The van der Waals surface area contributed by atoms with Crippen LogP contribution in [0.3, 0.4) is 0 Å². The number of nitrogen functional groups attached to an aromatic ring is 1. The summed E-state index contributed by atoms with van der Waals surface area (Å²) in [5, 5.41) is 9.76. The molecule has 3 fully saturated rings. The highest BCUT2D eigenvalue weighted by Crippen LogP contribution is 2.41. The molecule has 0 spiro atoms. The van der Waals surface area contributed by atoms with Gasteiger partial charge in [-0.25, -0.2) is 14.6 Å². The lowest BCUT2D eigenvalue weighted by atomic mass is 10.0. The van der Waals surface area contributed by atoms with Crippen LogP contribution in [0.1, 0.15) is 30.9 Å². The Morgan fingerprint density at radius 2 is 1.98 bits per heavy atom. The van der Waals surface area contributed by atoms with E-state index in [1.165, 1.54) is 11.3 Å². The van der Waals surface area contributed by atoms with E-state index in [4.69, 9.17) is 15.2 Å². The molecule has 3 saturated heterocycles. The molecule has 50 heavy (non-hydrogen) atoms. The number of rotatable bonds is 14. The van der Waals surface area contributed by atoms with Gasteiger partial charge in [0.2, 0.25) is 5.91 Å². The normalized spacial score (nSPS) is 21.8. The molecule has 4 N–H and O–H groups in total. The number of nitrogens with two attached hydrogens (primary N) is 1. The molecule has 6 rings (SSSR count). The maximum absolute atomic E-state index is 14.0. The van der Waals surface area contributed by atoms with E-state index in [-0.39, 0.29) is 43.4 Å². The largest absolute Gasteiger partial charge is 0.412 e. The number of hydrogen-bond acceptors (Lipinski definition) is 11. The maximum atomic E-state index is 14.0. The first-order valence-corrected chi connectivity index (χ1v) is 17.9. The Hall–Kier alpha value is -4.28. The highest BCUT2D eigenvalue weighted by molar-refractivity contribution is 7.22. The summed E-state index contributed by atoms with van der Waals surface area (Å²) in [6, 6.07) is 12.9. The summed E-state index contributed by atoms with van der Waals surface area (Å²) >= 11 is 1.45. The lowest BCUT2D eigenvalue weighted by Crippen LogP contribution is -2.58. The number of carbonyl (C=O) groups is 3. The van der Waals surface area contributed by atoms with Gasteiger partial charge in [0.15, 0.2) is 5.13 Å². The number of nitrogens with one attached hydrogen (secondary N) is 2. The number of aromatic nitrogens is 1. The zero-order valence-electron chi connectivity index (χ0n) is 28.9. The minimum absolute atomic E-state index is 0.0509. The second-order valence-electron chi connectivity index (χ2n) is 13.1. The summed E-state index contributed by atoms with van der Waals surface area (Å²) in [5.74, 6) is 0.353. The van der Waals surface area contributed by atoms with Crippen LogP contribution in [-0.4, -0.2) is 126 Å². The van der Waals surface area contributed by atoms with Crippen molar-refractivity contribution in [3.8, 4) is 5.75 Å². The molecule has 1 aromatic heterocycles.